The Balaban J connectivity index is 1.67. The number of hydrogen-bond donors (Lipinski definition) is 3. The highest BCUT2D eigenvalue weighted by Crippen LogP contribution is 2.39. The molecule has 210 valence electrons. The summed E-state index contributed by atoms with van der Waals surface area (Å²) in [7, 11) is -3.45. The number of nitrogens with one attached hydrogen (secondary N) is 2. The standard InChI is InChI=1S/C30H32BrN3O5S/c1-3-34(4-2)17-18-40(38,39)24-13-11-23(12-14-24)32-29(21-8-5-20(6-9-21)7-16-27(35)36)28-25-15-10-22(31)19-26(25)33-30(28)37/h5-6,8-15,19,32H,3-4,7,16-18H2,1-2H3,(H,33,37)(H,35,36). The van der Waals surface area contributed by atoms with E-state index in [0.29, 0.717) is 35.6 Å². The molecule has 1 aliphatic heterocycles. The number of carboxylic acids is 1. The summed E-state index contributed by atoms with van der Waals surface area (Å²) in [5.41, 5.74) is 4.66. The molecule has 1 aliphatic rings. The van der Waals surface area contributed by atoms with E-state index < -0.39 is 15.8 Å². The fourth-order valence-corrected chi connectivity index (χ4v) is 6.20. The molecule has 0 unspecified atom stereocenters. The second-order valence-electron chi connectivity index (χ2n) is 9.48. The molecule has 0 bridgehead atoms. The molecule has 8 nitrogen and oxygen atoms in total. The van der Waals surface area contributed by atoms with E-state index in [1.165, 1.54) is 0 Å². The Morgan fingerprint density at radius 2 is 1.68 bits per heavy atom. The van der Waals surface area contributed by atoms with E-state index in [9.17, 15) is 18.0 Å². The number of aliphatic carboxylic acids is 1. The first-order valence-corrected chi connectivity index (χ1v) is 15.5. The van der Waals surface area contributed by atoms with Gasteiger partial charge in [0.1, 0.15) is 0 Å². The largest absolute Gasteiger partial charge is 0.481 e. The molecule has 1 heterocycles. The van der Waals surface area contributed by atoms with Crippen LogP contribution in [-0.2, 0) is 25.8 Å². The fraction of sp³-hybridized carbons (Fsp3) is 0.267. The molecule has 0 saturated heterocycles. The number of aryl methyl sites for hydroxylation is 1. The molecule has 0 saturated carbocycles. The van der Waals surface area contributed by atoms with Crippen molar-refractivity contribution in [3.8, 4) is 0 Å². The minimum absolute atomic E-state index is 0.0282. The summed E-state index contributed by atoms with van der Waals surface area (Å²) in [6.45, 7) is 6.07. The predicted octanol–water partition coefficient (Wildman–Crippen LogP) is 5.51. The van der Waals surface area contributed by atoms with Crippen molar-refractivity contribution >= 4 is 60.3 Å². The third-order valence-electron chi connectivity index (χ3n) is 6.90. The first-order valence-electron chi connectivity index (χ1n) is 13.1. The summed E-state index contributed by atoms with van der Waals surface area (Å²) in [6, 6.07) is 19.5. The number of carboxylic acid groups (broad SMARTS) is 1. The number of fused-ring (bicyclic) bond motifs is 1. The first-order chi connectivity index (χ1) is 19.1. The fourth-order valence-electron chi connectivity index (χ4n) is 4.56. The Hall–Kier alpha value is -3.47. The van der Waals surface area contributed by atoms with Crippen LogP contribution in [0.3, 0.4) is 0 Å². The number of anilines is 2. The smallest absolute Gasteiger partial charge is 0.303 e. The van der Waals surface area contributed by atoms with Crippen molar-refractivity contribution in [3.63, 3.8) is 0 Å². The van der Waals surface area contributed by atoms with Crippen LogP contribution in [0, 0.1) is 0 Å². The molecule has 4 rings (SSSR count). The molecule has 3 N–H and O–H groups in total. The van der Waals surface area contributed by atoms with E-state index in [2.05, 4.69) is 31.5 Å². The van der Waals surface area contributed by atoms with Gasteiger partial charge >= 0.3 is 5.97 Å². The maximum absolute atomic E-state index is 13.2. The highest BCUT2D eigenvalue weighted by Gasteiger charge is 2.28. The van der Waals surface area contributed by atoms with Crippen molar-refractivity contribution in [1.82, 2.24) is 4.90 Å². The maximum atomic E-state index is 13.2. The lowest BCUT2D eigenvalue weighted by molar-refractivity contribution is -0.137. The van der Waals surface area contributed by atoms with Gasteiger partial charge in [-0.05, 0) is 67.0 Å². The van der Waals surface area contributed by atoms with Crippen molar-refractivity contribution in [2.45, 2.75) is 31.6 Å². The van der Waals surface area contributed by atoms with Gasteiger partial charge in [-0.2, -0.15) is 0 Å². The monoisotopic (exact) mass is 625 g/mol. The van der Waals surface area contributed by atoms with Gasteiger partial charge in [0.05, 0.1) is 27.6 Å². The number of benzene rings is 3. The number of rotatable bonds is 12. The minimum atomic E-state index is -3.45. The van der Waals surface area contributed by atoms with Crippen molar-refractivity contribution in [1.29, 1.82) is 0 Å². The summed E-state index contributed by atoms with van der Waals surface area (Å²) in [5.74, 6) is -1.09. The van der Waals surface area contributed by atoms with Crippen LogP contribution in [-0.4, -0.2) is 55.7 Å². The molecule has 0 spiro atoms. The average Bonchev–Trinajstić information content (AvgIpc) is 3.26. The second-order valence-corrected chi connectivity index (χ2v) is 12.5. The van der Waals surface area contributed by atoms with Crippen molar-refractivity contribution in [3.05, 3.63) is 87.9 Å². The van der Waals surface area contributed by atoms with Crippen LogP contribution in [0.25, 0.3) is 11.3 Å². The van der Waals surface area contributed by atoms with Crippen LogP contribution in [0.1, 0.15) is 37.0 Å². The van der Waals surface area contributed by atoms with Crippen molar-refractivity contribution in [2.24, 2.45) is 0 Å². The topological polar surface area (TPSA) is 116 Å². The third-order valence-corrected chi connectivity index (χ3v) is 9.10. The molecular formula is C30H32BrN3O5S. The van der Waals surface area contributed by atoms with Crippen molar-refractivity contribution in [2.75, 3.05) is 36.0 Å². The Morgan fingerprint density at radius 3 is 2.30 bits per heavy atom. The molecule has 0 aliphatic carbocycles. The quantitative estimate of drug-likeness (QED) is 0.227. The van der Waals surface area contributed by atoms with Crippen LogP contribution in [0.2, 0.25) is 0 Å². The van der Waals surface area contributed by atoms with Gasteiger partial charge in [0.15, 0.2) is 9.84 Å². The van der Waals surface area contributed by atoms with Gasteiger partial charge in [-0.1, -0.05) is 60.1 Å². The zero-order valence-corrected chi connectivity index (χ0v) is 24.8. The summed E-state index contributed by atoms with van der Waals surface area (Å²) >= 11 is 3.45. The van der Waals surface area contributed by atoms with Gasteiger partial charge in [-0.3, -0.25) is 9.59 Å². The lowest BCUT2D eigenvalue weighted by Gasteiger charge is -2.18. The normalized spacial score (nSPS) is 14.2. The van der Waals surface area contributed by atoms with Crippen LogP contribution in [0.15, 0.2) is 76.1 Å². The summed E-state index contributed by atoms with van der Waals surface area (Å²) < 4.78 is 26.7. The van der Waals surface area contributed by atoms with Crippen LogP contribution in [0.4, 0.5) is 11.4 Å². The van der Waals surface area contributed by atoms with Crippen molar-refractivity contribution < 1.29 is 23.1 Å². The highest BCUT2D eigenvalue weighted by atomic mass is 79.9. The molecule has 3 aromatic carbocycles. The summed E-state index contributed by atoms with van der Waals surface area (Å²) in [5, 5.41) is 15.3. The van der Waals surface area contributed by atoms with Crippen LogP contribution < -0.4 is 10.6 Å². The Morgan fingerprint density at radius 1 is 1.00 bits per heavy atom. The molecular weight excluding hydrogens is 594 g/mol. The Kier molecular flexibility index (Phi) is 9.44. The number of halogens is 1. The van der Waals surface area contributed by atoms with Crippen LogP contribution >= 0.6 is 15.9 Å². The summed E-state index contributed by atoms with van der Waals surface area (Å²) in [6.07, 6.45) is 0.427. The van der Waals surface area contributed by atoms with Gasteiger partial charge < -0.3 is 20.6 Å². The van der Waals surface area contributed by atoms with Gasteiger partial charge in [0, 0.05) is 28.7 Å². The molecule has 0 fully saturated rings. The number of carbonyl (C=O) groups is 2. The molecule has 10 heteroatoms. The van der Waals surface area contributed by atoms with Gasteiger partial charge in [-0.25, -0.2) is 8.42 Å². The number of carbonyl (C=O) groups excluding carboxylic acids is 1. The number of hydrogen-bond acceptors (Lipinski definition) is 6. The third kappa shape index (κ3) is 6.99. The van der Waals surface area contributed by atoms with E-state index in [1.807, 2.05) is 56.3 Å². The number of sulfone groups is 1. The van der Waals surface area contributed by atoms with Crippen LogP contribution in [0.5, 0.6) is 0 Å². The lowest BCUT2D eigenvalue weighted by atomic mass is 9.98. The SMILES string of the molecule is CCN(CC)CCS(=O)(=O)c1ccc(NC(=C2C(=O)Nc3cc(Br)ccc32)c2ccc(CCC(=O)O)cc2)cc1. The van der Waals surface area contributed by atoms with E-state index >= 15 is 0 Å². The van der Waals surface area contributed by atoms with E-state index in [1.54, 1.807) is 24.3 Å². The Bertz CT molecular complexity index is 1530. The highest BCUT2D eigenvalue weighted by molar-refractivity contribution is 9.10. The van der Waals surface area contributed by atoms with E-state index in [0.717, 1.165) is 34.3 Å². The average molecular weight is 627 g/mol. The van der Waals surface area contributed by atoms with Gasteiger partial charge in [0.25, 0.3) is 5.91 Å². The molecule has 0 atom stereocenters. The summed E-state index contributed by atoms with van der Waals surface area (Å²) in [4.78, 5) is 26.5. The number of amides is 1. The molecule has 0 radical (unpaired) electrons. The predicted molar refractivity (Wildman–Crippen MR) is 162 cm³/mol. The molecule has 1 amide bonds. The minimum Gasteiger partial charge on any atom is -0.481 e. The van der Waals surface area contributed by atoms with E-state index in [4.69, 9.17) is 5.11 Å². The second kappa shape index (κ2) is 12.8. The lowest BCUT2D eigenvalue weighted by Crippen LogP contribution is -2.29. The number of nitrogens with zero attached hydrogens (tertiary/aromatic N) is 1. The van der Waals surface area contributed by atoms with E-state index in [-0.39, 0.29) is 23.0 Å². The van der Waals surface area contributed by atoms with Gasteiger partial charge in [0.2, 0.25) is 0 Å². The molecule has 3 aromatic rings. The zero-order chi connectivity index (χ0) is 28.9. The van der Waals surface area contributed by atoms with Gasteiger partial charge in [-0.15, -0.1) is 0 Å². The Labute approximate surface area is 243 Å². The maximum Gasteiger partial charge on any atom is 0.303 e. The molecule has 0 aromatic heterocycles. The molecule has 40 heavy (non-hydrogen) atoms. The first kappa shape index (κ1) is 29.5. The zero-order valence-electron chi connectivity index (χ0n) is 22.4.